The average molecular weight is 362 g/mol. The summed E-state index contributed by atoms with van der Waals surface area (Å²) in [5.41, 5.74) is 8.05. The minimum atomic E-state index is 0.655. The minimum absolute atomic E-state index is 0.655. The number of hydrogen-bond acceptors (Lipinski definition) is 2. The van der Waals surface area contributed by atoms with Crippen LogP contribution in [0, 0.1) is 5.92 Å². The molecule has 3 N–H and O–H groups in total. The molecule has 1 saturated carbocycles. The highest BCUT2D eigenvalue weighted by molar-refractivity contribution is 9.11. The average Bonchev–Trinajstić information content (AvgIpc) is 2.67. The van der Waals surface area contributed by atoms with Crippen LogP contribution >= 0.6 is 31.9 Å². The van der Waals surface area contributed by atoms with Gasteiger partial charge in [0.25, 0.3) is 0 Å². The quantitative estimate of drug-likeness (QED) is 0.796. The van der Waals surface area contributed by atoms with Crippen molar-refractivity contribution in [1.82, 2.24) is 5.32 Å². The molecule has 2 nitrogen and oxygen atoms in total. The summed E-state index contributed by atoms with van der Waals surface area (Å²) in [5.74, 6) is 0.860. The molecule has 94 valence electrons. The molecule has 1 aliphatic carbocycles. The van der Waals surface area contributed by atoms with Crippen molar-refractivity contribution in [3.63, 3.8) is 0 Å². The van der Waals surface area contributed by atoms with E-state index >= 15 is 0 Å². The Morgan fingerprint density at radius 1 is 1.35 bits per heavy atom. The van der Waals surface area contributed by atoms with Crippen molar-refractivity contribution in [3.05, 3.63) is 26.6 Å². The Kier molecular flexibility index (Phi) is 4.50. The zero-order valence-corrected chi connectivity index (χ0v) is 13.1. The standard InChI is InChI=1S/C13H18Br2N2/c1-8-2-3-11(4-8)17-7-9-5-10(14)6-12(15)13(9)16/h5-6,8,11,17H,2-4,7,16H2,1H3/t8-,11-/m1/s1. The monoisotopic (exact) mass is 360 g/mol. The first-order valence-electron chi connectivity index (χ1n) is 6.03. The van der Waals surface area contributed by atoms with Gasteiger partial charge in [-0.3, -0.25) is 0 Å². The van der Waals surface area contributed by atoms with Crippen LogP contribution in [0.15, 0.2) is 21.1 Å². The van der Waals surface area contributed by atoms with Crippen LogP contribution in [0.2, 0.25) is 0 Å². The molecular weight excluding hydrogens is 344 g/mol. The lowest BCUT2D eigenvalue weighted by molar-refractivity contribution is 0.502. The first kappa shape index (κ1) is 13.4. The summed E-state index contributed by atoms with van der Waals surface area (Å²) in [6.45, 7) is 3.17. The van der Waals surface area contributed by atoms with E-state index in [1.54, 1.807) is 0 Å². The molecule has 4 heteroatoms. The molecule has 1 aromatic rings. The molecule has 0 radical (unpaired) electrons. The van der Waals surface area contributed by atoms with Crippen LogP contribution in [0.3, 0.4) is 0 Å². The Morgan fingerprint density at radius 2 is 2.12 bits per heavy atom. The normalized spacial score (nSPS) is 24.2. The number of hydrogen-bond donors (Lipinski definition) is 2. The van der Waals surface area contributed by atoms with Crippen molar-refractivity contribution in [3.8, 4) is 0 Å². The Balaban J connectivity index is 1.99. The van der Waals surface area contributed by atoms with Crippen LogP contribution in [-0.2, 0) is 6.54 Å². The second-order valence-electron chi connectivity index (χ2n) is 4.96. The van der Waals surface area contributed by atoms with E-state index in [9.17, 15) is 0 Å². The molecule has 0 saturated heterocycles. The molecule has 0 aromatic heterocycles. The second-order valence-corrected chi connectivity index (χ2v) is 6.73. The highest BCUT2D eigenvalue weighted by Crippen LogP contribution is 2.29. The molecular formula is C13H18Br2N2. The summed E-state index contributed by atoms with van der Waals surface area (Å²) in [6.07, 6.45) is 3.92. The fraction of sp³-hybridized carbons (Fsp3) is 0.538. The summed E-state index contributed by atoms with van der Waals surface area (Å²) in [5, 5.41) is 3.60. The van der Waals surface area contributed by atoms with Crippen LogP contribution in [0.25, 0.3) is 0 Å². The van der Waals surface area contributed by atoms with E-state index in [0.717, 1.165) is 32.7 Å². The number of nitrogen functional groups attached to an aromatic ring is 1. The molecule has 2 atom stereocenters. The van der Waals surface area contributed by atoms with Gasteiger partial charge in [0.15, 0.2) is 0 Å². The van der Waals surface area contributed by atoms with Gasteiger partial charge in [-0.1, -0.05) is 22.9 Å². The fourth-order valence-electron chi connectivity index (χ4n) is 2.43. The highest BCUT2D eigenvalue weighted by atomic mass is 79.9. The first-order chi connectivity index (χ1) is 8.06. The summed E-state index contributed by atoms with van der Waals surface area (Å²) >= 11 is 6.97. The van der Waals surface area contributed by atoms with Crippen LogP contribution in [0.4, 0.5) is 5.69 Å². The van der Waals surface area contributed by atoms with E-state index in [1.807, 2.05) is 6.07 Å². The van der Waals surface area contributed by atoms with Crippen LogP contribution in [-0.4, -0.2) is 6.04 Å². The SMILES string of the molecule is C[C@@H]1CC[C@@H](NCc2cc(Br)cc(Br)c2N)C1. The van der Waals surface area contributed by atoms with Crippen molar-refractivity contribution in [2.24, 2.45) is 5.92 Å². The van der Waals surface area contributed by atoms with Gasteiger partial charge in [-0.25, -0.2) is 0 Å². The Labute approximate surface area is 120 Å². The zero-order valence-electron chi connectivity index (χ0n) is 9.97. The smallest absolute Gasteiger partial charge is 0.0504 e. The molecule has 0 heterocycles. The van der Waals surface area contributed by atoms with Crippen molar-refractivity contribution < 1.29 is 0 Å². The van der Waals surface area contributed by atoms with Crippen molar-refractivity contribution in [2.75, 3.05) is 5.73 Å². The largest absolute Gasteiger partial charge is 0.398 e. The van der Waals surface area contributed by atoms with Gasteiger partial charge in [0.2, 0.25) is 0 Å². The van der Waals surface area contributed by atoms with Gasteiger partial charge in [-0.2, -0.15) is 0 Å². The van der Waals surface area contributed by atoms with Crippen LogP contribution < -0.4 is 11.1 Å². The van der Waals surface area contributed by atoms with Crippen molar-refractivity contribution >= 4 is 37.5 Å². The maximum Gasteiger partial charge on any atom is 0.0504 e. The fourth-order valence-corrected chi connectivity index (χ4v) is 3.74. The number of nitrogens with one attached hydrogen (secondary N) is 1. The molecule has 1 aliphatic rings. The highest BCUT2D eigenvalue weighted by Gasteiger charge is 2.20. The van der Waals surface area contributed by atoms with E-state index in [1.165, 1.54) is 19.3 Å². The van der Waals surface area contributed by atoms with Gasteiger partial charge in [-0.15, -0.1) is 0 Å². The topological polar surface area (TPSA) is 38.0 Å². The predicted octanol–water partition coefficient (Wildman–Crippen LogP) is 4.07. The molecule has 2 rings (SSSR count). The molecule has 0 bridgehead atoms. The van der Waals surface area contributed by atoms with Gasteiger partial charge < -0.3 is 11.1 Å². The number of halogens is 2. The van der Waals surface area contributed by atoms with E-state index in [2.05, 4.69) is 50.2 Å². The number of rotatable bonds is 3. The number of benzene rings is 1. The van der Waals surface area contributed by atoms with Crippen molar-refractivity contribution in [1.29, 1.82) is 0 Å². The van der Waals surface area contributed by atoms with E-state index in [4.69, 9.17) is 5.73 Å². The molecule has 17 heavy (non-hydrogen) atoms. The number of anilines is 1. The summed E-state index contributed by atoms with van der Waals surface area (Å²) in [6, 6.07) is 4.73. The van der Waals surface area contributed by atoms with Crippen LogP contribution in [0.1, 0.15) is 31.7 Å². The third-order valence-corrected chi connectivity index (χ3v) is 4.57. The van der Waals surface area contributed by atoms with Gasteiger partial charge in [0.05, 0.1) is 5.69 Å². The number of nitrogens with two attached hydrogens (primary N) is 1. The molecule has 1 fully saturated rings. The van der Waals surface area contributed by atoms with Crippen molar-refractivity contribution in [2.45, 2.75) is 38.8 Å². The van der Waals surface area contributed by atoms with Gasteiger partial charge in [0, 0.05) is 21.5 Å². The molecule has 1 aromatic carbocycles. The third-order valence-electron chi connectivity index (χ3n) is 3.46. The molecule has 0 aliphatic heterocycles. The molecule has 0 unspecified atom stereocenters. The third kappa shape index (κ3) is 3.46. The molecule has 0 amide bonds. The van der Waals surface area contributed by atoms with E-state index in [0.29, 0.717) is 6.04 Å². The lowest BCUT2D eigenvalue weighted by Crippen LogP contribution is -2.26. The Hall–Kier alpha value is -0.0600. The van der Waals surface area contributed by atoms with Gasteiger partial charge in [-0.05, 0) is 58.8 Å². The van der Waals surface area contributed by atoms with Gasteiger partial charge in [0.1, 0.15) is 0 Å². The zero-order chi connectivity index (χ0) is 12.4. The second kappa shape index (κ2) is 5.72. The van der Waals surface area contributed by atoms with Gasteiger partial charge >= 0.3 is 0 Å². The summed E-state index contributed by atoms with van der Waals surface area (Å²) in [7, 11) is 0. The Bertz CT molecular complexity index is 407. The van der Waals surface area contributed by atoms with E-state index in [-0.39, 0.29) is 0 Å². The maximum absolute atomic E-state index is 6.06. The predicted molar refractivity (Wildman–Crippen MR) is 79.9 cm³/mol. The maximum atomic E-state index is 6.06. The minimum Gasteiger partial charge on any atom is -0.398 e. The summed E-state index contributed by atoms with van der Waals surface area (Å²) in [4.78, 5) is 0. The first-order valence-corrected chi connectivity index (χ1v) is 7.61. The molecule has 0 spiro atoms. The summed E-state index contributed by atoms with van der Waals surface area (Å²) < 4.78 is 2.03. The lowest BCUT2D eigenvalue weighted by atomic mass is 10.1. The lowest BCUT2D eigenvalue weighted by Gasteiger charge is -2.14. The Morgan fingerprint density at radius 3 is 2.76 bits per heavy atom. The van der Waals surface area contributed by atoms with Crippen LogP contribution in [0.5, 0.6) is 0 Å². The van der Waals surface area contributed by atoms with E-state index < -0.39 is 0 Å².